The lowest BCUT2D eigenvalue weighted by Crippen LogP contribution is -2.20. The first kappa shape index (κ1) is 9.91. The van der Waals surface area contributed by atoms with E-state index in [1.165, 1.54) is 7.11 Å². The third-order valence-electron chi connectivity index (χ3n) is 1.29. The van der Waals surface area contributed by atoms with Crippen LogP contribution in [-0.4, -0.2) is 33.1 Å². The summed E-state index contributed by atoms with van der Waals surface area (Å²) in [4.78, 5) is 0. The quantitative estimate of drug-likeness (QED) is 0.609. The molecule has 0 atom stereocenters. The maximum atomic E-state index is 11.0. The fraction of sp³-hybridized carbons (Fsp3) is 1.00. The van der Waals surface area contributed by atoms with Crippen molar-refractivity contribution in [1.82, 2.24) is 0 Å². The molecule has 0 spiro atoms. The van der Waals surface area contributed by atoms with Crippen LogP contribution < -0.4 is 0 Å². The molecular weight excluding hydrogens is 152 g/mol. The molecule has 0 aliphatic rings. The molecule has 0 radical (unpaired) electrons. The Morgan fingerprint density at radius 3 is 2.20 bits per heavy atom. The van der Waals surface area contributed by atoms with Gasteiger partial charge in [0.2, 0.25) is 0 Å². The average molecular weight is 166 g/mol. The van der Waals surface area contributed by atoms with E-state index in [2.05, 4.69) is 4.74 Å². The van der Waals surface area contributed by atoms with Crippen LogP contribution in [0, 0.1) is 0 Å². The highest BCUT2D eigenvalue weighted by atomic mass is 32.2. The van der Waals surface area contributed by atoms with Crippen LogP contribution in [0.1, 0.15) is 13.8 Å². The first-order chi connectivity index (χ1) is 4.50. The number of ether oxygens (including phenoxy) is 1. The lowest BCUT2D eigenvalue weighted by molar-refractivity contribution is 0.217. The minimum Gasteiger partial charge on any atom is -0.384 e. The van der Waals surface area contributed by atoms with Crippen molar-refractivity contribution < 1.29 is 13.2 Å². The Kier molecular flexibility index (Phi) is 3.89. The molecule has 0 rings (SSSR count). The molecule has 0 heterocycles. The van der Waals surface area contributed by atoms with Gasteiger partial charge in [-0.05, 0) is 13.8 Å². The summed E-state index contributed by atoms with van der Waals surface area (Å²) >= 11 is 0. The topological polar surface area (TPSA) is 43.4 Å². The van der Waals surface area contributed by atoms with Crippen LogP contribution in [0.3, 0.4) is 0 Å². The van der Waals surface area contributed by atoms with Crippen molar-refractivity contribution in [3.05, 3.63) is 0 Å². The Labute approximate surface area is 62.3 Å². The number of hydrogen-bond donors (Lipinski definition) is 0. The summed E-state index contributed by atoms with van der Waals surface area (Å²) in [7, 11) is -1.39. The van der Waals surface area contributed by atoms with Crippen molar-refractivity contribution in [1.29, 1.82) is 0 Å². The third kappa shape index (κ3) is 3.17. The third-order valence-corrected chi connectivity index (χ3v) is 3.46. The smallest absolute Gasteiger partial charge is 0.154 e. The van der Waals surface area contributed by atoms with E-state index in [0.717, 1.165) is 0 Å². The molecule has 0 aromatic rings. The fourth-order valence-electron chi connectivity index (χ4n) is 0.435. The van der Waals surface area contributed by atoms with Gasteiger partial charge in [0.15, 0.2) is 9.84 Å². The maximum absolute atomic E-state index is 11.0. The predicted octanol–water partition coefficient (Wildman–Crippen LogP) is 0.456. The molecule has 10 heavy (non-hydrogen) atoms. The number of rotatable bonds is 4. The van der Waals surface area contributed by atoms with Crippen LogP contribution in [0.4, 0.5) is 0 Å². The summed E-state index contributed by atoms with van der Waals surface area (Å²) in [6, 6.07) is 0. The monoisotopic (exact) mass is 166 g/mol. The first-order valence-corrected chi connectivity index (χ1v) is 4.92. The van der Waals surface area contributed by atoms with E-state index in [1.807, 2.05) is 0 Å². The van der Waals surface area contributed by atoms with Gasteiger partial charge in [-0.25, -0.2) is 8.42 Å². The normalized spacial score (nSPS) is 12.4. The van der Waals surface area contributed by atoms with Gasteiger partial charge >= 0.3 is 0 Å². The molecule has 4 heteroatoms. The van der Waals surface area contributed by atoms with Crippen LogP contribution in [0.2, 0.25) is 0 Å². The first-order valence-electron chi connectivity index (χ1n) is 3.21. The summed E-state index contributed by atoms with van der Waals surface area (Å²) in [6.45, 7) is 3.64. The lowest BCUT2D eigenvalue weighted by Gasteiger charge is -2.05. The molecule has 0 N–H and O–H groups in total. The Morgan fingerprint density at radius 1 is 1.40 bits per heavy atom. The van der Waals surface area contributed by atoms with E-state index >= 15 is 0 Å². The summed E-state index contributed by atoms with van der Waals surface area (Å²) in [5.74, 6) is 0.126. The maximum Gasteiger partial charge on any atom is 0.154 e. The minimum atomic E-state index is -2.89. The van der Waals surface area contributed by atoms with Gasteiger partial charge in [-0.1, -0.05) is 0 Å². The van der Waals surface area contributed by atoms with Crippen LogP contribution >= 0.6 is 0 Å². The van der Waals surface area contributed by atoms with E-state index in [1.54, 1.807) is 13.8 Å². The SMILES string of the molecule is COCCS(=O)(=O)C(C)C. The van der Waals surface area contributed by atoms with Gasteiger partial charge in [-0.15, -0.1) is 0 Å². The molecule has 0 amide bonds. The Bertz CT molecular complexity index is 169. The lowest BCUT2D eigenvalue weighted by atomic mass is 10.6. The highest BCUT2D eigenvalue weighted by Crippen LogP contribution is 1.99. The van der Waals surface area contributed by atoms with E-state index in [4.69, 9.17) is 0 Å². The summed E-state index contributed by atoms with van der Waals surface area (Å²) < 4.78 is 26.7. The van der Waals surface area contributed by atoms with Crippen molar-refractivity contribution in [2.45, 2.75) is 19.1 Å². The van der Waals surface area contributed by atoms with Gasteiger partial charge in [0, 0.05) is 7.11 Å². The van der Waals surface area contributed by atoms with E-state index in [-0.39, 0.29) is 11.0 Å². The average Bonchev–Trinajstić information content (AvgIpc) is 1.84. The van der Waals surface area contributed by atoms with Crippen LogP contribution in [-0.2, 0) is 14.6 Å². The second kappa shape index (κ2) is 3.93. The zero-order valence-corrected chi connectivity index (χ0v) is 7.44. The molecule has 0 fully saturated rings. The molecule has 0 saturated heterocycles. The molecule has 0 aromatic heterocycles. The second-order valence-corrected chi connectivity index (χ2v) is 5.09. The summed E-state index contributed by atoms with van der Waals surface area (Å²) in [6.07, 6.45) is 0. The standard InChI is InChI=1S/C6H14O3S/c1-6(2)10(7,8)5-4-9-3/h6H,4-5H2,1-3H3. The zero-order chi connectivity index (χ0) is 8.20. The summed E-state index contributed by atoms with van der Waals surface area (Å²) in [5.41, 5.74) is 0. The van der Waals surface area contributed by atoms with Gasteiger partial charge in [-0.3, -0.25) is 0 Å². The molecule has 0 unspecified atom stereocenters. The fourth-order valence-corrected chi connectivity index (χ4v) is 1.31. The summed E-state index contributed by atoms with van der Waals surface area (Å²) in [5, 5.41) is -0.289. The van der Waals surface area contributed by atoms with Crippen LogP contribution in [0.15, 0.2) is 0 Å². The predicted molar refractivity (Wildman–Crippen MR) is 40.8 cm³/mol. The van der Waals surface area contributed by atoms with E-state index in [9.17, 15) is 8.42 Å². The van der Waals surface area contributed by atoms with Gasteiger partial charge in [0.25, 0.3) is 0 Å². The largest absolute Gasteiger partial charge is 0.384 e. The van der Waals surface area contributed by atoms with Crippen molar-refractivity contribution in [2.24, 2.45) is 0 Å². The molecule has 0 saturated carbocycles. The molecule has 62 valence electrons. The minimum absolute atomic E-state index is 0.126. The molecule has 0 bridgehead atoms. The highest BCUT2D eigenvalue weighted by Gasteiger charge is 2.14. The molecular formula is C6H14O3S. The number of sulfone groups is 1. The van der Waals surface area contributed by atoms with Crippen molar-refractivity contribution >= 4 is 9.84 Å². The van der Waals surface area contributed by atoms with Crippen molar-refractivity contribution in [3.8, 4) is 0 Å². The van der Waals surface area contributed by atoms with Gasteiger partial charge < -0.3 is 4.74 Å². The zero-order valence-electron chi connectivity index (χ0n) is 6.62. The van der Waals surface area contributed by atoms with Crippen LogP contribution in [0.5, 0.6) is 0 Å². The second-order valence-electron chi connectivity index (χ2n) is 2.41. The molecule has 0 aromatic carbocycles. The Balaban J connectivity index is 3.90. The Hall–Kier alpha value is -0.0900. The van der Waals surface area contributed by atoms with Gasteiger partial charge in [0.05, 0.1) is 17.6 Å². The van der Waals surface area contributed by atoms with Crippen molar-refractivity contribution in [3.63, 3.8) is 0 Å². The molecule has 0 aliphatic heterocycles. The number of methoxy groups -OCH3 is 1. The van der Waals surface area contributed by atoms with Gasteiger partial charge in [0.1, 0.15) is 0 Å². The van der Waals surface area contributed by atoms with Crippen LogP contribution in [0.25, 0.3) is 0 Å². The van der Waals surface area contributed by atoms with Gasteiger partial charge in [-0.2, -0.15) is 0 Å². The Morgan fingerprint density at radius 2 is 1.90 bits per heavy atom. The van der Waals surface area contributed by atoms with E-state index in [0.29, 0.717) is 6.61 Å². The molecule has 3 nitrogen and oxygen atoms in total. The highest BCUT2D eigenvalue weighted by molar-refractivity contribution is 7.91. The van der Waals surface area contributed by atoms with Crippen molar-refractivity contribution in [2.75, 3.05) is 19.5 Å². The molecule has 0 aliphatic carbocycles. The number of hydrogen-bond acceptors (Lipinski definition) is 3. The van der Waals surface area contributed by atoms with E-state index < -0.39 is 9.84 Å².